The topological polar surface area (TPSA) is 14.8 Å². The molecule has 3 rings (SSSR count). The van der Waals surface area contributed by atoms with Crippen molar-refractivity contribution >= 4 is 24.4 Å². The first kappa shape index (κ1) is 12.8. The number of nitrogens with zero attached hydrogens (tertiary/aromatic N) is 3. The van der Waals surface area contributed by atoms with Crippen LogP contribution < -0.4 is 0 Å². The third kappa shape index (κ3) is 2.01. The Morgan fingerprint density at radius 2 is 1.47 bits per heavy atom. The van der Waals surface area contributed by atoms with Crippen molar-refractivity contribution in [3.63, 3.8) is 0 Å². The van der Waals surface area contributed by atoms with Crippen molar-refractivity contribution in [2.75, 3.05) is 0 Å². The second-order valence-corrected chi connectivity index (χ2v) is 5.85. The minimum atomic E-state index is 0.813. The van der Waals surface area contributed by atoms with Gasteiger partial charge in [0.2, 0.25) is 9.54 Å². The van der Waals surface area contributed by atoms with Gasteiger partial charge in [-0.2, -0.15) is 0 Å². The van der Waals surface area contributed by atoms with Gasteiger partial charge in [0.1, 0.15) is 0 Å². The van der Waals surface area contributed by atoms with Gasteiger partial charge in [0.05, 0.1) is 5.69 Å². The number of fused-ring (bicyclic) bond motifs is 1. The second kappa shape index (κ2) is 4.72. The molecule has 2 heterocycles. The van der Waals surface area contributed by atoms with Crippen molar-refractivity contribution in [2.24, 2.45) is 0 Å². The van der Waals surface area contributed by atoms with Crippen molar-refractivity contribution < 1.29 is 0 Å². The van der Waals surface area contributed by atoms with Crippen LogP contribution >= 0.6 is 24.4 Å². The van der Waals surface area contributed by atoms with Crippen LogP contribution in [0.15, 0.2) is 18.2 Å². The predicted molar refractivity (Wildman–Crippen MR) is 82.1 cm³/mol. The summed E-state index contributed by atoms with van der Waals surface area (Å²) in [6, 6.07) is 6.39. The Balaban J connectivity index is 2.26. The summed E-state index contributed by atoms with van der Waals surface area (Å²) in [5.74, 6) is 0. The maximum atomic E-state index is 5.60. The molecule has 0 aliphatic carbocycles. The molecule has 0 radical (unpaired) electrons. The molecular formula is C14H17N3S2. The highest BCUT2D eigenvalue weighted by molar-refractivity contribution is 7.72. The van der Waals surface area contributed by atoms with E-state index in [1.54, 1.807) is 0 Å². The Bertz CT molecular complexity index is 712. The molecule has 1 aromatic heterocycles. The van der Waals surface area contributed by atoms with E-state index in [4.69, 9.17) is 24.4 Å². The molecule has 2 aromatic rings. The van der Waals surface area contributed by atoms with Crippen LogP contribution in [0.1, 0.15) is 24.0 Å². The van der Waals surface area contributed by atoms with Crippen molar-refractivity contribution in [1.29, 1.82) is 0 Å². The first-order chi connectivity index (χ1) is 9.09. The molecule has 0 bridgehead atoms. The van der Waals surface area contributed by atoms with Gasteiger partial charge in [-0.1, -0.05) is 6.07 Å². The van der Waals surface area contributed by atoms with Crippen molar-refractivity contribution in [3.8, 4) is 5.69 Å². The van der Waals surface area contributed by atoms with Crippen molar-refractivity contribution in [3.05, 3.63) is 38.9 Å². The van der Waals surface area contributed by atoms with Crippen LogP contribution in [0, 0.1) is 23.4 Å². The lowest BCUT2D eigenvalue weighted by molar-refractivity contribution is 0.357. The van der Waals surface area contributed by atoms with Crippen LogP contribution in [0.4, 0.5) is 0 Å². The van der Waals surface area contributed by atoms with E-state index in [1.807, 2.05) is 4.57 Å². The molecule has 0 saturated carbocycles. The van der Waals surface area contributed by atoms with Crippen LogP contribution in [0.25, 0.3) is 5.69 Å². The molecule has 0 fully saturated rings. The molecule has 0 atom stereocenters. The largest absolute Gasteiger partial charge is 0.261 e. The summed E-state index contributed by atoms with van der Waals surface area (Å²) in [6.07, 6.45) is 2.36. The average molecular weight is 291 g/mol. The zero-order valence-electron chi connectivity index (χ0n) is 11.2. The van der Waals surface area contributed by atoms with Crippen LogP contribution in [0.3, 0.4) is 0 Å². The lowest BCUT2D eigenvalue weighted by atomic mass is 10.1. The normalized spacial score (nSPS) is 14.4. The number of aryl methyl sites for hydroxylation is 2. The molecule has 100 valence electrons. The van der Waals surface area contributed by atoms with Gasteiger partial charge < -0.3 is 0 Å². The maximum absolute atomic E-state index is 5.60. The zero-order valence-corrected chi connectivity index (χ0v) is 12.9. The van der Waals surface area contributed by atoms with Gasteiger partial charge in [-0.15, -0.1) is 0 Å². The molecule has 3 nitrogen and oxygen atoms in total. The number of aromatic nitrogens is 3. The van der Waals surface area contributed by atoms with Crippen LogP contribution in [0.2, 0.25) is 0 Å². The Kier molecular flexibility index (Phi) is 3.19. The van der Waals surface area contributed by atoms with Gasteiger partial charge in [-0.25, -0.2) is 0 Å². The smallest absolute Gasteiger partial charge is 0.201 e. The third-order valence-electron chi connectivity index (χ3n) is 3.85. The monoisotopic (exact) mass is 291 g/mol. The minimum Gasteiger partial charge on any atom is -0.261 e. The zero-order chi connectivity index (χ0) is 13.6. The van der Waals surface area contributed by atoms with Gasteiger partial charge in [0.15, 0.2) is 0 Å². The highest BCUT2D eigenvalue weighted by atomic mass is 32.1. The Hall–Kier alpha value is -1.20. The third-order valence-corrected chi connectivity index (χ3v) is 4.64. The molecule has 1 aliphatic heterocycles. The van der Waals surface area contributed by atoms with E-state index < -0.39 is 0 Å². The number of hydrogen-bond donors (Lipinski definition) is 0. The van der Waals surface area contributed by atoms with Gasteiger partial charge in [0.25, 0.3) is 0 Å². The van der Waals surface area contributed by atoms with Crippen molar-refractivity contribution in [1.82, 2.24) is 13.9 Å². The number of rotatable bonds is 1. The fraction of sp³-hybridized carbons (Fsp3) is 0.429. The summed E-state index contributed by atoms with van der Waals surface area (Å²) in [5, 5.41) is 0. The summed E-state index contributed by atoms with van der Waals surface area (Å²) >= 11 is 11.2. The Morgan fingerprint density at radius 1 is 0.895 bits per heavy atom. The molecule has 0 amide bonds. The van der Waals surface area contributed by atoms with Crippen molar-refractivity contribution in [2.45, 2.75) is 39.8 Å². The van der Waals surface area contributed by atoms with E-state index in [1.165, 1.54) is 24.0 Å². The summed E-state index contributed by atoms with van der Waals surface area (Å²) in [5.41, 5.74) is 3.63. The molecule has 1 aromatic carbocycles. The molecule has 5 heteroatoms. The fourth-order valence-electron chi connectivity index (χ4n) is 2.56. The lowest BCUT2D eigenvalue weighted by Crippen LogP contribution is -2.18. The summed E-state index contributed by atoms with van der Waals surface area (Å²) in [7, 11) is 0. The molecule has 0 spiro atoms. The first-order valence-electron chi connectivity index (χ1n) is 6.60. The molecule has 0 saturated heterocycles. The number of benzene rings is 1. The molecule has 1 aliphatic rings. The van der Waals surface area contributed by atoms with Crippen LogP contribution in [0.5, 0.6) is 0 Å². The minimum absolute atomic E-state index is 0.813. The van der Waals surface area contributed by atoms with Gasteiger partial charge in [-0.3, -0.25) is 13.9 Å². The Morgan fingerprint density at radius 3 is 2.00 bits per heavy atom. The molecular weight excluding hydrogens is 274 g/mol. The van der Waals surface area contributed by atoms with Gasteiger partial charge in [0, 0.05) is 13.1 Å². The van der Waals surface area contributed by atoms with E-state index in [0.29, 0.717) is 0 Å². The van der Waals surface area contributed by atoms with E-state index in [-0.39, 0.29) is 0 Å². The SMILES string of the molecule is Cc1ccc(-n2c(=S)n3n(c2=S)CCCC3)cc1C. The lowest BCUT2D eigenvalue weighted by Gasteiger charge is -2.15. The summed E-state index contributed by atoms with van der Waals surface area (Å²) < 4.78 is 7.91. The Labute approximate surface area is 123 Å². The molecule has 0 unspecified atom stereocenters. The van der Waals surface area contributed by atoms with Gasteiger partial charge >= 0.3 is 0 Å². The summed E-state index contributed by atoms with van der Waals surface area (Å²) in [6.45, 7) is 6.18. The van der Waals surface area contributed by atoms with E-state index in [2.05, 4.69) is 41.4 Å². The summed E-state index contributed by atoms with van der Waals surface area (Å²) in [4.78, 5) is 0. The maximum Gasteiger partial charge on any atom is 0.201 e. The van der Waals surface area contributed by atoms with E-state index in [0.717, 1.165) is 28.3 Å². The fourth-order valence-corrected chi connectivity index (χ4v) is 3.38. The highest BCUT2D eigenvalue weighted by Gasteiger charge is 2.15. The highest BCUT2D eigenvalue weighted by Crippen LogP contribution is 2.19. The van der Waals surface area contributed by atoms with Crippen LogP contribution in [-0.2, 0) is 13.1 Å². The predicted octanol–water partition coefficient (Wildman–Crippen LogP) is 3.95. The average Bonchev–Trinajstić information content (AvgIpc) is 2.66. The second-order valence-electron chi connectivity index (χ2n) is 5.12. The van der Waals surface area contributed by atoms with Gasteiger partial charge in [-0.05, 0) is 74.4 Å². The molecule has 0 N–H and O–H groups in total. The van der Waals surface area contributed by atoms with Crippen LogP contribution in [-0.4, -0.2) is 13.9 Å². The first-order valence-corrected chi connectivity index (χ1v) is 7.41. The van der Waals surface area contributed by atoms with E-state index >= 15 is 0 Å². The standard InChI is InChI=1S/C14H17N3S2/c1-10-5-6-12(9-11(10)2)17-13(18)15-7-3-4-8-16(15)14(17)19/h5-6,9H,3-4,7-8H2,1-2H3. The number of hydrogen-bond acceptors (Lipinski definition) is 2. The van der Waals surface area contributed by atoms with E-state index in [9.17, 15) is 0 Å². The quantitative estimate of drug-likeness (QED) is 0.739. The molecule has 19 heavy (non-hydrogen) atoms.